The monoisotopic (exact) mass is 357 g/mol. The van der Waals surface area contributed by atoms with Gasteiger partial charge in [-0.15, -0.1) is 0 Å². The molecule has 0 saturated heterocycles. The molecule has 0 aliphatic carbocycles. The molecule has 0 radical (unpaired) electrons. The van der Waals surface area contributed by atoms with Gasteiger partial charge in [-0.05, 0) is 28.7 Å². The van der Waals surface area contributed by atoms with Crippen LogP contribution in [-0.4, -0.2) is 25.2 Å². The van der Waals surface area contributed by atoms with Gasteiger partial charge in [0.15, 0.2) is 0 Å². The Morgan fingerprint density at radius 1 is 1.53 bits per heavy atom. The largest absolute Gasteiger partial charge is 0.494 e. The van der Waals surface area contributed by atoms with Crippen LogP contribution < -0.4 is 4.74 Å². The minimum Gasteiger partial charge on any atom is -0.494 e. The van der Waals surface area contributed by atoms with Crippen LogP contribution >= 0.6 is 22.6 Å². The van der Waals surface area contributed by atoms with Crippen molar-refractivity contribution >= 4 is 28.6 Å². The minimum atomic E-state index is -2.75. The Labute approximate surface area is 110 Å². The average Bonchev–Trinajstić information content (AvgIpc) is 2.28. The third kappa shape index (κ3) is 3.48. The van der Waals surface area contributed by atoms with Gasteiger partial charge in [0.1, 0.15) is 15.1 Å². The zero-order valence-corrected chi connectivity index (χ0v) is 11.3. The van der Waals surface area contributed by atoms with E-state index < -0.39 is 18.1 Å². The van der Waals surface area contributed by atoms with Crippen LogP contribution in [0.4, 0.5) is 8.78 Å². The smallest absolute Gasteiger partial charge is 0.310 e. The molecule has 0 fully saturated rings. The molecule has 0 aliphatic rings. The van der Waals surface area contributed by atoms with Gasteiger partial charge < -0.3 is 9.47 Å². The first-order valence-corrected chi connectivity index (χ1v) is 5.65. The molecule has 0 bridgehead atoms. The van der Waals surface area contributed by atoms with Crippen LogP contribution in [0.15, 0.2) is 6.07 Å². The Hall–Kier alpha value is -0.990. The van der Waals surface area contributed by atoms with E-state index in [4.69, 9.17) is 4.74 Å². The standard InChI is InChI=1S/C10H10F2INO3/c1-16-7(15)4-5-3-6(13)14-8(10(11)12)9(5)17-2/h3,10H,4H2,1-2H3. The highest BCUT2D eigenvalue weighted by molar-refractivity contribution is 14.1. The van der Waals surface area contributed by atoms with Crippen molar-refractivity contribution in [2.75, 3.05) is 14.2 Å². The SMILES string of the molecule is COC(=O)Cc1cc(I)nc(C(F)F)c1OC. The third-order valence-electron chi connectivity index (χ3n) is 2.02. The van der Waals surface area contributed by atoms with E-state index in [1.807, 2.05) is 0 Å². The number of pyridine rings is 1. The molecular weight excluding hydrogens is 347 g/mol. The van der Waals surface area contributed by atoms with Gasteiger partial charge in [-0.3, -0.25) is 4.79 Å². The summed E-state index contributed by atoms with van der Waals surface area (Å²) in [5.41, 5.74) is -0.118. The highest BCUT2D eigenvalue weighted by atomic mass is 127. The summed E-state index contributed by atoms with van der Waals surface area (Å²) < 4.78 is 35.2. The molecule has 4 nitrogen and oxygen atoms in total. The number of hydrogen-bond acceptors (Lipinski definition) is 4. The highest BCUT2D eigenvalue weighted by Crippen LogP contribution is 2.31. The van der Waals surface area contributed by atoms with Crippen molar-refractivity contribution < 1.29 is 23.0 Å². The van der Waals surface area contributed by atoms with Crippen LogP contribution in [0.25, 0.3) is 0 Å². The lowest BCUT2D eigenvalue weighted by atomic mass is 10.1. The zero-order chi connectivity index (χ0) is 13.0. The number of ether oxygens (including phenoxy) is 2. The number of methoxy groups -OCH3 is 2. The Kier molecular flexibility index (Phi) is 5.03. The van der Waals surface area contributed by atoms with Gasteiger partial charge in [0.05, 0.1) is 20.6 Å². The number of hydrogen-bond donors (Lipinski definition) is 0. The first-order valence-electron chi connectivity index (χ1n) is 4.57. The molecule has 0 saturated carbocycles. The highest BCUT2D eigenvalue weighted by Gasteiger charge is 2.21. The Balaban J connectivity index is 3.23. The Bertz CT molecular complexity index is 426. The summed E-state index contributed by atoms with van der Waals surface area (Å²) >= 11 is 1.80. The van der Waals surface area contributed by atoms with Gasteiger partial charge in [0, 0.05) is 5.56 Å². The van der Waals surface area contributed by atoms with Gasteiger partial charge in [-0.25, -0.2) is 13.8 Å². The molecule has 0 N–H and O–H groups in total. The van der Waals surface area contributed by atoms with Crippen LogP contribution in [0, 0.1) is 3.70 Å². The first-order chi connectivity index (χ1) is 7.99. The molecule has 7 heteroatoms. The summed E-state index contributed by atoms with van der Waals surface area (Å²) in [5, 5.41) is 0. The van der Waals surface area contributed by atoms with Crippen molar-refractivity contribution in [3.63, 3.8) is 0 Å². The van der Waals surface area contributed by atoms with E-state index in [2.05, 4.69) is 9.72 Å². The summed E-state index contributed by atoms with van der Waals surface area (Å²) in [6.45, 7) is 0. The quantitative estimate of drug-likeness (QED) is 0.472. The molecule has 94 valence electrons. The predicted molar refractivity (Wildman–Crippen MR) is 64.2 cm³/mol. The summed E-state index contributed by atoms with van der Waals surface area (Å²) in [6.07, 6.45) is -2.88. The van der Waals surface area contributed by atoms with Crippen molar-refractivity contribution in [1.82, 2.24) is 4.98 Å². The van der Waals surface area contributed by atoms with Crippen LogP contribution in [0.2, 0.25) is 0 Å². The van der Waals surface area contributed by atoms with Gasteiger partial charge in [-0.2, -0.15) is 0 Å². The van der Waals surface area contributed by atoms with Gasteiger partial charge >= 0.3 is 5.97 Å². The van der Waals surface area contributed by atoms with E-state index in [-0.39, 0.29) is 12.2 Å². The molecule has 1 aromatic heterocycles. The second kappa shape index (κ2) is 6.08. The lowest BCUT2D eigenvalue weighted by molar-refractivity contribution is -0.139. The first kappa shape index (κ1) is 14.1. The van der Waals surface area contributed by atoms with E-state index in [0.29, 0.717) is 9.26 Å². The fraction of sp³-hybridized carbons (Fsp3) is 0.400. The fourth-order valence-electron chi connectivity index (χ4n) is 1.31. The maximum absolute atomic E-state index is 12.7. The molecule has 0 aliphatic heterocycles. The third-order valence-corrected chi connectivity index (χ3v) is 2.57. The van der Waals surface area contributed by atoms with Crippen molar-refractivity contribution in [3.05, 3.63) is 21.0 Å². The molecule has 0 atom stereocenters. The van der Waals surface area contributed by atoms with E-state index in [9.17, 15) is 13.6 Å². The van der Waals surface area contributed by atoms with Gasteiger partial charge in [-0.1, -0.05) is 0 Å². The maximum atomic E-state index is 12.7. The van der Waals surface area contributed by atoms with Crippen LogP contribution in [-0.2, 0) is 16.0 Å². The average molecular weight is 357 g/mol. The normalized spacial score (nSPS) is 10.5. The number of halogens is 3. The van der Waals surface area contributed by atoms with Crippen molar-refractivity contribution in [2.24, 2.45) is 0 Å². The number of aromatic nitrogens is 1. The van der Waals surface area contributed by atoms with Crippen molar-refractivity contribution in [3.8, 4) is 5.75 Å². The molecule has 0 spiro atoms. The fourth-order valence-corrected chi connectivity index (χ4v) is 1.95. The molecule has 1 rings (SSSR count). The number of alkyl halides is 2. The molecule has 1 aromatic rings. The van der Waals surface area contributed by atoms with E-state index in [1.165, 1.54) is 20.3 Å². The van der Waals surface area contributed by atoms with E-state index in [1.54, 1.807) is 22.6 Å². The van der Waals surface area contributed by atoms with Crippen LogP contribution in [0.3, 0.4) is 0 Å². The summed E-state index contributed by atoms with van der Waals surface area (Å²) in [6, 6.07) is 1.52. The second-order valence-corrected chi connectivity index (χ2v) is 4.18. The minimum absolute atomic E-state index is 0.0641. The number of carbonyl (C=O) groups excluding carboxylic acids is 1. The van der Waals surface area contributed by atoms with Crippen LogP contribution in [0.1, 0.15) is 17.7 Å². The summed E-state index contributed by atoms with van der Waals surface area (Å²) in [5.74, 6) is -0.587. The topological polar surface area (TPSA) is 48.4 Å². The summed E-state index contributed by atoms with van der Waals surface area (Å²) in [4.78, 5) is 14.9. The lowest BCUT2D eigenvalue weighted by Gasteiger charge is -2.12. The van der Waals surface area contributed by atoms with Crippen LogP contribution in [0.5, 0.6) is 5.75 Å². The lowest BCUT2D eigenvalue weighted by Crippen LogP contribution is -2.09. The van der Waals surface area contributed by atoms with E-state index >= 15 is 0 Å². The maximum Gasteiger partial charge on any atom is 0.310 e. The van der Waals surface area contributed by atoms with Crippen molar-refractivity contribution in [2.45, 2.75) is 12.8 Å². The van der Waals surface area contributed by atoms with Crippen molar-refractivity contribution in [1.29, 1.82) is 0 Å². The zero-order valence-electron chi connectivity index (χ0n) is 9.17. The van der Waals surface area contributed by atoms with Gasteiger partial charge in [0.25, 0.3) is 6.43 Å². The second-order valence-electron chi connectivity index (χ2n) is 3.08. The number of nitrogens with zero attached hydrogens (tertiary/aromatic N) is 1. The number of rotatable bonds is 4. The Morgan fingerprint density at radius 3 is 2.65 bits per heavy atom. The number of esters is 1. The molecule has 0 unspecified atom stereocenters. The number of carbonyl (C=O) groups is 1. The Morgan fingerprint density at radius 2 is 2.18 bits per heavy atom. The molecular formula is C10H10F2INO3. The van der Waals surface area contributed by atoms with E-state index in [0.717, 1.165) is 0 Å². The van der Waals surface area contributed by atoms with Gasteiger partial charge in [0.2, 0.25) is 0 Å². The molecule has 17 heavy (non-hydrogen) atoms. The predicted octanol–water partition coefficient (Wildman–Crippen LogP) is 2.35. The molecule has 0 aromatic carbocycles. The molecule has 0 amide bonds. The summed E-state index contributed by atoms with van der Waals surface area (Å²) in [7, 11) is 2.49. The molecule has 1 heterocycles.